The van der Waals surface area contributed by atoms with Gasteiger partial charge in [0.25, 0.3) is 0 Å². The fourth-order valence-corrected chi connectivity index (χ4v) is 2.44. The zero-order chi connectivity index (χ0) is 19.6. The van der Waals surface area contributed by atoms with E-state index in [4.69, 9.17) is 9.47 Å². The number of ether oxygens (including phenoxy) is 2. The highest BCUT2D eigenvalue weighted by molar-refractivity contribution is 5.89. The van der Waals surface area contributed by atoms with Crippen LogP contribution in [0.1, 0.15) is 38.1 Å². The molecule has 0 fully saturated rings. The van der Waals surface area contributed by atoms with Crippen LogP contribution in [0.4, 0.5) is 17.6 Å². The number of hydrogen-bond acceptors (Lipinski definition) is 3. The molecule has 0 heterocycles. The van der Waals surface area contributed by atoms with Crippen LogP contribution < -0.4 is 9.47 Å². The van der Waals surface area contributed by atoms with Crippen LogP contribution in [0.2, 0.25) is 0 Å². The minimum absolute atomic E-state index is 0.0603. The van der Waals surface area contributed by atoms with Gasteiger partial charge in [-0.2, -0.15) is 0 Å². The van der Waals surface area contributed by atoms with Gasteiger partial charge in [0.15, 0.2) is 29.6 Å². The normalized spacial score (nSPS) is 11.2. The molecule has 3 nitrogen and oxygen atoms in total. The van der Waals surface area contributed by atoms with Gasteiger partial charge in [-0.25, -0.2) is 17.6 Å². The number of aldehydes is 1. The first-order valence-corrected chi connectivity index (χ1v) is 7.95. The van der Waals surface area contributed by atoms with E-state index in [1.165, 1.54) is 18.2 Å². The van der Waals surface area contributed by atoms with Gasteiger partial charge in [0.1, 0.15) is 11.5 Å². The molecule has 0 aliphatic rings. The van der Waals surface area contributed by atoms with Crippen LogP contribution in [0.15, 0.2) is 18.2 Å². The van der Waals surface area contributed by atoms with Gasteiger partial charge in [-0.1, -0.05) is 0 Å². The summed E-state index contributed by atoms with van der Waals surface area (Å²) in [6.07, 6.45) is -0.543. The van der Waals surface area contributed by atoms with E-state index in [-0.39, 0.29) is 35.6 Å². The average molecular weight is 370 g/mol. The van der Waals surface area contributed by atoms with Crippen LogP contribution in [-0.2, 0) is 0 Å². The van der Waals surface area contributed by atoms with Crippen molar-refractivity contribution in [2.75, 3.05) is 0 Å². The molecule has 0 aliphatic carbocycles. The van der Waals surface area contributed by atoms with Crippen molar-refractivity contribution in [2.45, 2.75) is 39.9 Å². The zero-order valence-corrected chi connectivity index (χ0v) is 14.7. The van der Waals surface area contributed by atoms with E-state index in [9.17, 15) is 22.4 Å². The minimum atomic E-state index is -2.04. The van der Waals surface area contributed by atoms with Crippen molar-refractivity contribution in [2.24, 2.45) is 0 Å². The molecule has 2 rings (SSSR count). The Morgan fingerprint density at radius 1 is 0.769 bits per heavy atom. The first-order chi connectivity index (χ1) is 12.1. The Labute approximate surface area is 148 Å². The van der Waals surface area contributed by atoms with Gasteiger partial charge in [-0.3, -0.25) is 4.79 Å². The molecule has 0 atom stereocenters. The summed E-state index contributed by atoms with van der Waals surface area (Å²) in [5.74, 6) is -6.96. The summed E-state index contributed by atoms with van der Waals surface area (Å²) in [5, 5.41) is 0. The number of hydrogen-bond donors (Lipinski definition) is 0. The van der Waals surface area contributed by atoms with E-state index in [1.807, 2.05) is 0 Å². The predicted octanol–water partition coefficient (Wildman–Crippen LogP) is 5.30. The topological polar surface area (TPSA) is 35.5 Å². The third kappa shape index (κ3) is 3.98. The molecule has 0 N–H and O–H groups in total. The van der Waals surface area contributed by atoms with Crippen LogP contribution in [0, 0.1) is 23.3 Å². The summed E-state index contributed by atoms with van der Waals surface area (Å²) < 4.78 is 66.5. The number of benzene rings is 2. The van der Waals surface area contributed by atoms with Crippen molar-refractivity contribution >= 4 is 6.29 Å². The van der Waals surface area contributed by atoms with Crippen molar-refractivity contribution < 1.29 is 31.8 Å². The third-order valence-corrected chi connectivity index (χ3v) is 3.33. The molecule has 0 amide bonds. The Kier molecular flexibility index (Phi) is 5.90. The number of rotatable bonds is 6. The minimum Gasteiger partial charge on any atom is -0.491 e. The Bertz CT molecular complexity index is 804. The summed E-state index contributed by atoms with van der Waals surface area (Å²) >= 11 is 0. The fraction of sp³-hybridized carbons (Fsp3) is 0.316. The third-order valence-electron chi connectivity index (χ3n) is 3.33. The number of carbonyl (C=O) groups excluding carboxylic acids is 1. The van der Waals surface area contributed by atoms with Crippen LogP contribution in [0.5, 0.6) is 11.5 Å². The highest BCUT2D eigenvalue weighted by Crippen LogP contribution is 2.36. The van der Waals surface area contributed by atoms with Gasteiger partial charge in [0.2, 0.25) is 0 Å². The molecule has 2 aromatic rings. The maximum absolute atomic E-state index is 14.3. The zero-order valence-electron chi connectivity index (χ0n) is 14.7. The molecule has 0 saturated heterocycles. The van der Waals surface area contributed by atoms with E-state index in [2.05, 4.69) is 0 Å². The van der Waals surface area contributed by atoms with Gasteiger partial charge >= 0.3 is 0 Å². The Morgan fingerprint density at radius 3 is 1.65 bits per heavy atom. The monoisotopic (exact) mass is 370 g/mol. The highest BCUT2D eigenvalue weighted by atomic mass is 19.2. The Morgan fingerprint density at radius 2 is 1.23 bits per heavy atom. The summed E-state index contributed by atoms with van der Waals surface area (Å²) in [6, 6.07) is 4.13. The van der Waals surface area contributed by atoms with Crippen LogP contribution in [-0.4, -0.2) is 18.5 Å². The van der Waals surface area contributed by atoms with Crippen LogP contribution >= 0.6 is 0 Å². The smallest absolute Gasteiger partial charge is 0.198 e. The molecule has 0 saturated carbocycles. The molecule has 0 radical (unpaired) electrons. The molecular weight excluding hydrogens is 352 g/mol. The first-order valence-electron chi connectivity index (χ1n) is 7.95. The van der Waals surface area contributed by atoms with Crippen molar-refractivity contribution in [1.82, 2.24) is 0 Å². The summed E-state index contributed by atoms with van der Waals surface area (Å²) in [6.45, 7) is 7.02. The van der Waals surface area contributed by atoms with E-state index in [1.54, 1.807) is 27.7 Å². The summed E-state index contributed by atoms with van der Waals surface area (Å²) in [7, 11) is 0. The maximum atomic E-state index is 14.3. The van der Waals surface area contributed by atoms with Gasteiger partial charge in [0.05, 0.1) is 17.8 Å². The van der Waals surface area contributed by atoms with E-state index < -0.39 is 34.4 Å². The van der Waals surface area contributed by atoms with Crippen molar-refractivity contribution in [1.29, 1.82) is 0 Å². The fourth-order valence-electron chi connectivity index (χ4n) is 2.44. The predicted molar refractivity (Wildman–Crippen MR) is 88.6 cm³/mol. The molecule has 0 unspecified atom stereocenters. The van der Waals surface area contributed by atoms with Crippen molar-refractivity contribution in [3.63, 3.8) is 0 Å². The second-order valence-corrected chi connectivity index (χ2v) is 6.19. The molecule has 26 heavy (non-hydrogen) atoms. The number of carbonyl (C=O) groups is 1. The molecule has 140 valence electrons. The lowest BCUT2D eigenvalue weighted by atomic mass is 9.98. The quantitative estimate of drug-likeness (QED) is 0.300. The first kappa shape index (κ1) is 19.8. The molecule has 0 bridgehead atoms. The second-order valence-electron chi connectivity index (χ2n) is 6.19. The lowest BCUT2D eigenvalue weighted by Crippen LogP contribution is -2.09. The standard InChI is InChI=1S/C19H18F4O3/c1-9(2)25-12-5-11(6-13(7-12)26-10(3)4)15-14(8-24)16(20)18(22)19(23)17(15)21/h5-10H,1-4H3. The SMILES string of the molecule is CC(C)Oc1cc(OC(C)C)cc(-c2c(F)c(F)c(F)c(F)c2C=O)c1. The molecule has 0 aromatic heterocycles. The Balaban J connectivity index is 2.76. The summed E-state index contributed by atoms with van der Waals surface area (Å²) in [4.78, 5) is 11.2. The van der Waals surface area contributed by atoms with E-state index in [0.29, 0.717) is 0 Å². The summed E-state index contributed by atoms with van der Waals surface area (Å²) in [5.41, 5.74) is -1.69. The van der Waals surface area contributed by atoms with Crippen LogP contribution in [0.3, 0.4) is 0 Å². The van der Waals surface area contributed by atoms with Gasteiger partial charge in [-0.05, 0) is 45.4 Å². The van der Waals surface area contributed by atoms with E-state index in [0.717, 1.165) is 0 Å². The average Bonchev–Trinajstić information content (AvgIpc) is 2.54. The van der Waals surface area contributed by atoms with Gasteiger partial charge in [0, 0.05) is 11.6 Å². The maximum Gasteiger partial charge on any atom is 0.198 e. The van der Waals surface area contributed by atoms with Crippen molar-refractivity contribution in [3.8, 4) is 22.6 Å². The lowest BCUT2D eigenvalue weighted by molar-refractivity contribution is 0.111. The second kappa shape index (κ2) is 7.76. The molecular formula is C19H18F4O3. The van der Waals surface area contributed by atoms with Crippen molar-refractivity contribution in [3.05, 3.63) is 47.0 Å². The Hall–Kier alpha value is -2.57. The van der Waals surface area contributed by atoms with Gasteiger partial charge < -0.3 is 9.47 Å². The molecule has 7 heteroatoms. The van der Waals surface area contributed by atoms with Gasteiger partial charge in [-0.15, -0.1) is 0 Å². The molecule has 0 spiro atoms. The molecule has 2 aromatic carbocycles. The largest absolute Gasteiger partial charge is 0.491 e. The van der Waals surface area contributed by atoms with E-state index >= 15 is 0 Å². The highest BCUT2D eigenvalue weighted by Gasteiger charge is 2.26. The lowest BCUT2D eigenvalue weighted by Gasteiger charge is -2.17. The van der Waals surface area contributed by atoms with Crippen LogP contribution in [0.25, 0.3) is 11.1 Å². The molecule has 0 aliphatic heterocycles. The number of halogens is 4.